The van der Waals surface area contributed by atoms with Crippen LogP contribution in [-0.4, -0.2) is 37.0 Å². The van der Waals surface area contributed by atoms with E-state index >= 15 is 0 Å². The van der Waals surface area contributed by atoms with Crippen molar-refractivity contribution < 1.29 is 28.3 Å². The molecule has 0 radical (unpaired) electrons. The number of anilines is 1. The lowest BCUT2D eigenvalue weighted by molar-refractivity contribution is -0.123. The van der Waals surface area contributed by atoms with Gasteiger partial charge in [0.15, 0.2) is 12.4 Å². The second-order valence-corrected chi connectivity index (χ2v) is 6.06. The normalized spacial score (nSPS) is 10.0. The summed E-state index contributed by atoms with van der Waals surface area (Å²) in [5, 5.41) is 7.49. The van der Waals surface area contributed by atoms with Crippen molar-refractivity contribution in [1.29, 1.82) is 0 Å². The summed E-state index contributed by atoms with van der Waals surface area (Å²) in [5.41, 5.74) is 0. The molecule has 0 spiro atoms. The fourth-order valence-electron chi connectivity index (χ4n) is 1.74. The number of imide groups is 1. The Morgan fingerprint density at radius 1 is 1.19 bits per heavy atom. The Hall–Kier alpha value is -3.14. The Bertz CT molecular complexity index is 784. The van der Waals surface area contributed by atoms with Crippen LogP contribution < -0.4 is 16.0 Å². The number of carbonyl (C=O) groups is 4. The van der Waals surface area contributed by atoms with E-state index in [9.17, 15) is 19.2 Å². The number of furan rings is 1. The van der Waals surface area contributed by atoms with E-state index < -0.39 is 30.4 Å². The second kappa shape index (κ2) is 9.37. The van der Waals surface area contributed by atoms with Crippen LogP contribution >= 0.6 is 11.3 Å². The Morgan fingerprint density at radius 2 is 2.00 bits per heavy atom. The zero-order valence-corrected chi connectivity index (χ0v) is 14.7. The van der Waals surface area contributed by atoms with E-state index in [-0.39, 0.29) is 10.6 Å². The molecular formula is C16H17N3O6S. The number of amides is 4. The predicted molar refractivity (Wildman–Crippen MR) is 93.1 cm³/mol. The molecule has 0 saturated carbocycles. The van der Waals surface area contributed by atoms with Crippen LogP contribution in [-0.2, 0) is 9.53 Å². The number of carbonyl (C=O) groups excluding carboxylic acids is 4. The molecular weight excluding hydrogens is 362 g/mol. The zero-order chi connectivity index (χ0) is 18.9. The number of hydrogen-bond acceptors (Lipinski definition) is 7. The molecule has 0 aliphatic carbocycles. The molecule has 2 aromatic rings. The molecule has 26 heavy (non-hydrogen) atoms. The lowest BCUT2D eigenvalue weighted by atomic mass is 10.4. The average molecular weight is 379 g/mol. The fourth-order valence-corrected chi connectivity index (χ4v) is 2.54. The van der Waals surface area contributed by atoms with Gasteiger partial charge in [-0.25, -0.2) is 9.59 Å². The summed E-state index contributed by atoms with van der Waals surface area (Å²) < 4.78 is 9.80. The molecule has 4 amide bonds. The van der Waals surface area contributed by atoms with Crippen LogP contribution in [0, 0.1) is 0 Å². The molecule has 2 heterocycles. The van der Waals surface area contributed by atoms with Crippen LogP contribution in [0.1, 0.15) is 33.6 Å². The lowest BCUT2D eigenvalue weighted by Crippen LogP contribution is -2.41. The van der Waals surface area contributed by atoms with E-state index in [0.29, 0.717) is 11.5 Å². The molecule has 0 fully saturated rings. The van der Waals surface area contributed by atoms with Gasteiger partial charge in [0.1, 0.15) is 4.88 Å². The van der Waals surface area contributed by atoms with E-state index in [1.54, 1.807) is 6.07 Å². The molecule has 3 N–H and O–H groups in total. The van der Waals surface area contributed by atoms with Crippen molar-refractivity contribution in [2.75, 3.05) is 18.5 Å². The third-order valence-electron chi connectivity index (χ3n) is 2.91. The number of ether oxygens (including phenoxy) is 1. The van der Waals surface area contributed by atoms with Gasteiger partial charge in [-0.2, -0.15) is 0 Å². The highest BCUT2D eigenvalue weighted by molar-refractivity contribution is 7.18. The molecule has 0 aliphatic heterocycles. The molecule has 0 saturated heterocycles. The largest absolute Gasteiger partial charge is 0.459 e. The Kier molecular flexibility index (Phi) is 6.92. The molecule has 0 unspecified atom stereocenters. The van der Waals surface area contributed by atoms with Crippen LogP contribution in [0.5, 0.6) is 0 Å². The minimum absolute atomic E-state index is 0.139. The van der Waals surface area contributed by atoms with Gasteiger partial charge in [-0.1, -0.05) is 6.92 Å². The number of thiophene rings is 1. The Morgan fingerprint density at radius 3 is 2.69 bits per heavy atom. The van der Waals surface area contributed by atoms with Crippen LogP contribution in [0.15, 0.2) is 34.9 Å². The highest BCUT2D eigenvalue weighted by Gasteiger charge is 2.16. The Labute approximate surface area is 152 Å². The molecule has 2 aromatic heterocycles. The van der Waals surface area contributed by atoms with Crippen molar-refractivity contribution >= 4 is 40.2 Å². The maximum Gasteiger partial charge on any atom is 0.348 e. The van der Waals surface area contributed by atoms with Crippen LogP contribution in [0.2, 0.25) is 0 Å². The summed E-state index contributed by atoms with van der Waals surface area (Å²) in [7, 11) is 0. The number of rotatable bonds is 7. The van der Waals surface area contributed by atoms with Gasteiger partial charge in [-0.3, -0.25) is 14.9 Å². The number of nitrogens with one attached hydrogen (secondary N) is 3. The summed E-state index contributed by atoms with van der Waals surface area (Å²) in [6.07, 6.45) is 2.10. The van der Waals surface area contributed by atoms with E-state index in [4.69, 9.17) is 9.15 Å². The summed E-state index contributed by atoms with van der Waals surface area (Å²) in [5.74, 6) is -1.79. The first-order chi connectivity index (χ1) is 12.5. The lowest BCUT2D eigenvalue weighted by Gasteiger charge is -2.06. The summed E-state index contributed by atoms with van der Waals surface area (Å²) in [4.78, 5) is 46.8. The van der Waals surface area contributed by atoms with Crippen molar-refractivity contribution in [2.24, 2.45) is 0 Å². The van der Waals surface area contributed by atoms with Crippen molar-refractivity contribution in [3.63, 3.8) is 0 Å². The van der Waals surface area contributed by atoms with Gasteiger partial charge >= 0.3 is 12.0 Å². The van der Waals surface area contributed by atoms with Crippen LogP contribution in [0.4, 0.5) is 9.80 Å². The maximum atomic E-state index is 11.9. The van der Waals surface area contributed by atoms with Crippen molar-refractivity contribution in [3.8, 4) is 0 Å². The molecule has 10 heteroatoms. The predicted octanol–water partition coefficient (Wildman–Crippen LogP) is 1.99. The van der Waals surface area contributed by atoms with Gasteiger partial charge in [0.05, 0.1) is 11.3 Å². The van der Waals surface area contributed by atoms with Crippen molar-refractivity contribution in [2.45, 2.75) is 13.3 Å². The smallest absolute Gasteiger partial charge is 0.348 e. The third-order valence-corrected chi connectivity index (χ3v) is 3.89. The Balaban J connectivity index is 1.79. The summed E-state index contributed by atoms with van der Waals surface area (Å²) >= 11 is 0.984. The number of esters is 1. The van der Waals surface area contributed by atoms with E-state index in [1.807, 2.05) is 12.2 Å². The van der Waals surface area contributed by atoms with Gasteiger partial charge in [0, 0.05) is 6.54 Å². The highest BCUT2D eigenvalue weighted by atomic mass is 32.1. The minimum atomic E-state index is -0.741. The third kappa shape index (κ3) is 5.74. The zero-order valence-electron chi connectivity index (χ0n) is 13.9. The first-order valence-electron chi connectivity index (χ1n) is 7.69. The number of urea groups is 1. The van der Waals surface area contributed by atoms with E-state index in [2.05, 4.69) is 10.6 Å². The molecule has 138 valence electrons. The molecule has 0 atom stereocenters. The van der Waals surface area contributed by atoms with Gasteiger partial charge in [-0.15, -0.1) is 11.3 Å². The molecule has 9 nitrogen and oxygen atoms in total. The van der Waals surface area contributed by atoms with Crippen molar-refractivity contribution in [1.82, 2.24) is 10.6 Å². The molecule has 0 aliphatic rings. The first-order valence-corrected chi connectivity index (χ1v) is 8.50. The quantitative estimate of drug-likeness (QED) is 0.632. The van der Waals surface area contributed by atoms with E-state index in [0.717, 1.165) is 17.8 Å². The van der Waals surface area contributed by atoms with E-state index in [1.165, 1.54) is 24.5 Å². The molecule has 2 rings (SSSR count). The fraction of sp³-hybridized carbons (Fsp3) is 0.250. The topological polar surface area (TPSA) is 127 Å². The maximum absolute atomic E-state index is 11.9. The SMILES string of the molecule is CCCNC(=O)NC(=O)COC(=O)c1ccc(NC(=O)c2ccco2)s1. The van der Waals surface area contributed by atoms with Crippen molar-refractivity contribution in [3.05, 3.63) is 41.2 Å². The second-order valence-electron chi connectivity index (χ2n) is 4.98. The molecule has 0 bridgehead atoms. The monoisotopic (exact) mass is 379 g/mol. The van der Waals surface area contributed by atoms with Crippen LogP contribution in [0.25, 0.3) is 0 Å². The molecule has 0 aromatic carbocycles. The minimum Gasteiger partial charge on any atom is -0.459 e. The first kappa shape index (κ1) is 19.2. The summed E-state index contributed by atoms with van der Waals surface area (Å²) in [6, 6.07) is 5.43. The number of hydrogen-bond donors (Lipinski definition) is 3. The van der Waals surface area contributed by atoms with Gasteiger partial charge in [0.25, 0.3) is 11.8 Å². The average Bonchev–Trinajstić information content (AvgIpc) is 3.29. The highest BCUT2D eigenvalue weighted by Crippen LogP contribution is 2.23. The standard InChI is InChI=1S/C16H17N3O6S/c1-2-7-17-16(23)18-12(20)9-25-15(22)11-5-6-13(26-11)19-14(21)10-4-3-8-24-10/h3-6,8H,2,7,9H2,1H3,(H,19,21)(H2,17,18,20,23). The van der Waals surface area contributed by atoms with Gasteiger partial charge < -0.3 is 19.8 Å². The van der Waals surface area contributed by atoms with Crippen LogP contribution in [0.3, 0.4) is 0 Å². The van der Waals surface area contributed by atoms with Gasteiger partial charge in [0.2, 0.25) is 0 Å². The summed E-state index contributed by atoms with van der Waals surface area (Å²) in [6.45, 7) is 1.71. The van der Waals surface area contributed by atoms with Gasteiger partial charge in [-0.05, 0) is 30.7 Å².